The number of imidazole rings is 1. The molecule has 1 heterocycles. The maximum atomic E-state index is 12.8. The molecule has 0 amide bonds. The number of rotatable bonds is 14. The molecule has 26 heavy (non-hydrogen) atoms. The third kappa shape index (κ3) is 5.42. The standard InChI is InChI=1S/C21H36N2O3/c1-5-9-11-20(7-3,17-24)15-22-13-14-23(19(22)26)16-21(8-4,18-25)12-10-6-2/h13-14,17-18H,5-12,15-16H2,1-4H3. The Bertz CT molecular complexity index is 569. The van der Waals surface area contributed by atoms with Crippen LogP contribution in [-0.2, 0) is 22.7 Å². The first-order valence-electron chi connectivity index (χ1n) is 10.1. The van der Waals surface area contributed by atoms with Crippen LogP contribution < -0.4 is 5.69 Å². The highest BCUT2D eigenvalue weighted by Gasteiger charge is 2.31. The van der Waals surface area contributed by atoms with Crippen molar-refractivity contribution in [3.8, 4) is 0 Å². The van der Waals surface area contributed by atoms with Crippen molar-refractivity contribution >= 4 is 12.6 Å². The summed E-state index contributed by atoms with van der Waals surface area (Å²) in [6, 6.07) is 0. The van der Waals surface area contributed by atoms with Gasteiger partial charge in [0, 0.05) is 36.3 Å². The van der Waals surface area contributed by atoms with Crippen molar-refractivity contribution in [3.05, 3.63) is 22.9 Å². The van der Waals surface area contributed by atoms with E-state index in [1.165, 1.54) is 0 Å². The maximum Gasteiger partial charge on any atom is 0.328 e. The van der Waals surface area contributed by atoms with Crippen LogP contribution in [0.15, 0.2) is 17.2 Å². The molecule has 0 bridgehead atoms. The van der Waals surface area contributed by atoms with Gasteiger partial charge < -0.3 is 9.59 Å². The Morgan fingerprint density at radius 2 is 1.19 bits per heavy atom. The lowest BCUT2D eigenvalue weighted by Gasteiger charge is -2.27. The summed E-state index contributed by atoms with van der Waals surface area (Å²) in [5.74, 6) is 0. The minimum absolute atomic E-state index is 0.127. The lowest BCUT2D eigenvalue weighted by Crippen LogP contribution is -2.37. The summed E-state index contributed by atoms with van der Waals surface area (Å²) in [5, 5.41) is 0. The van der Waals surface area contributed by atoms with Gasteiger partial charge in [-0.3, -0.25) is 9.13 Å². The van der Waals surface area contributed by atoms with E-state index in [0.29, 0.717) is 13.1 Å². The number of unbranched alkanes of at least 4 members (excludes halogenated alkanes) is 2. The Balaban J connectivity index is 3.03. The van der Waals surface area contributed by atoms with E-state index in [1.54, 1.807) is 21.5 Å². The average molecular weight is 365 g/mol. The summed E-state index contributed by atoms with van der Waals surface area (Å²) in [6.45, 7) is 9.04. The largest absolute Gasteiger partial charge is 0.328 e. The van der Waals surface area contributed by atoms with Crippen LogP contribution in [-0.4, -0.2) is 21.7 Å². The summed E-state index contributed by atoms with van der Waals surface area (Å²) in [5.41, 5.74) is -1.10. The Labute approximate surface area is 157 Å². The number of aldehydes is 2. The molecule has 0 aliphatic heterocycles. The van der Waals surface area contributed by atoms with Crippen molar-refractivity contribution in [1.29, 1.82) is 0 Å². The van der Waals surface area contributed by atoms with Crippen LogP contribution >= 0.6 is 0 Å². The summed E-state index contributed by atoms with van der Waals surface area (Å²) < 4.78 is 3.28. The first kappa shape index (κ1) is 22.4. The highest BCUT2D eigenvalue weighted by Crippen LogP contribution is 2.30. The Morgan fingerprint density at radius 3 is 1.46 bits per heavy atom. The predicted octanol–water partition coefficient (Wildman–Crippen LogP) is 4.22. The molecule has 2 unspecified atom stereocenters. The smallest absolute Gasteiger partial charge is 0.303 e. The van der Waals surface area contributed by atoms with Gasteiger partial charge in [0.2, 0.25) is 0 Å². The topological polar surface area (TPSA) is 61.1 Å². The molecule has 148 valence electrons. The second-order valence-electron chi connectivity index (χ2n) is 7.71. The van der Waals surface area contributed by atoms with Crippen LogP contribution in [0.2, 0.25) is 0 Å². The van der Waals surface area contributed by atoms with E-state index in [-0.39, 0.29) is 5.69 Å². The van der Waals surface area contributed by atoms with Gasteiger partial charge in [-0.15, -0.1) is 0 Å². The highest BCUT2D eigenvalue weighted by molar-refractivity contribution is 5.59. The van der Waals surface area contributed by atoms with E-state index in [2.05, 4.69) is 13.8 Å². The molecule has 0 N–H and O–H groups in total. The fraction of sp³-hybridized carbons (Fsp3) is 0.762. The van der Waals surface area contributed by atoms with E-state index in [4.69, 9.17) is 0 Å². The molecule has 0 saturated carbocycles. The van der Waals surface area contributed by atoms with E-state index >= 15 is 0 Å². The van der Waals surface area contributed by atoms with Gasteiger partial charge in [0.1, 0.15) is 12.6 Å². The summed E-state index contributed by atoms with van der Waals surface area (Å²) in [6.07, 6.45) is 12.6. The van der Waals surface area contributed by atoms with Gasteiger partial charge in [0.05, 0.1) is 0 Å². The van der Waals surface area contributed by atoms with E-state index in [0.717, 1.165) is 63.9 Å². The Kier molecular flexibility index (Phi) is 9.03. The summed E-state index contributed by atoms with van der Waals surface area (Å²) in [7, 11) is 0. The Morgan fingerprint density at radius 1 is 0.808 bits per heavy atom. The van der Waals surface area contributed by atoms with Crippen LogP contribution in [0, 0.1) is 10.8 Å². The molecule has 0 aliphatic carbocycles. The van der Waals surface area contributed by atoms with E-state index in [9.17, 15) is 14.4 Å². The number of nitrogens with zero attached hydrogens (tertiary/aromatic N) is 2. The van der Waals surface area contributed by atoms with Gasteiger partial charge in [0.15, 0.2) is 0 Å². The van der Waals surface area contributed by atoms with Crippen LogP contribution in [0.25, 0.3) is 0 Å². The monoisotopic (exact) mass is 364 g/mol. The third-order valence-electron chi connectivity index (χ3n) is 5.85. The van der Waals surface area contributed by atoms with Gasteiger partial charge in [0.25, 0.3) is 0 Å². The van der Waals surface area contributed by atoms with Crippen LogP contribution in [0.1, 0.15) is 79.1 Å². The van der Waals surface area contributed by atoms with Crippen LogP contribution in [0.5, 0.6) is 0 Å². The molecule has 5 nitrogen and oxygen atoms in total. The zero-order valence-electron chi connectivity index (χ0n) is 17.0. The van der Waals surface area contributed by atoms with Gasteiger partial charge in [-0.05, 0) is 25.7 Å². The van der Waals surface area contributed by atoms with Crippen molar-refractivity contribution in [2.45, 2.75) is 92.2 Å². The SMILES string of the molecule is CCCCC(C=O)(CC)Cn1ccn(CC(C=O)(CC)CCCC)c1=O. The number of hydrogen-bond donors (Lipinski definition) is 0. The molecule has 1 aromatic rings. The maximum absolute atomic E-state index is 12.8. The van der Waals surface area contributed by atoms with Crippen molar-refractivity contribution in [1.82, 2.24) is 9.13 Å². The molecule has 5 heteroatoms. The van der Waals surface area contributed by atoms with Crippen LogP contribution in [0.4, 0.5) is 0 Å². The lowest BCUT2D eigenvalue weighted by atomic mass is 9.81. The molecule has 1 rings (SSSR count). The zero-order chi connectivity index (χ0) is 19.6. The van der Waals surface area contributed by atoms with E-state index in [1.807, 2.05) is 13.8 Å². The quantitative estimate of drug-likeness (QED) is 0.464. The van der Waals surface area contributed by atoms with E-state index < -0.39 is 10.8 Å². The summed E-state index contributed by atoms with van der Waals surface area (Å²) in [4.78, 5) is 36.3. The highest BCUT2D eigenvalue weighted by atomic mass is 16.2. The molecule has 0 saturated heterocycles. The van der Waals surface area contributed by atoms with Gasteiger partial charge in [-0.2, -0.15) is 0 Å². The van der Waals surface area contributed by atoms with Gasteiger partial charge >= 0.3 is 5.69 Å². The molecule has 0 aliphatic rings. The molecule has 1 aromatic heterocycles. The third-order valence-corrected chi connectivity index (χ3v) is 5.85. The normalized spacial score (nSPS) is 16.0. The van der Waals surface area contributed by atoms with Crippen LogP contribution in [0.3, 0.4) is 0 Å². The second-order valence-corrected chi connectivity index (χ2v) is 7.71. The predicted molar refractivity (Wildman–Crippen MR) is 105 cm³/mol. The molecular weight excluding hydrogens is 328 g/mol. The van der Waals surface area contributed by atoms with Gasteiger partial charge in [-0.25, -0.2) is 4.79 Å². The first-order chi connectivity index (χ1) is 12.4. The van der Waals surface area contributed by atoms with Crippen molar-refractivity contribution < 1.29 is 9.59 Å². The number of carbonyl (C=O) groups excluding carboxylic acids is 2. The molecular formula is C21H36N2O3. The second kappa shape index (κ2) is 10.5. The number of carbonyl (C=O) groups is 2. The number of aromatic nitrogens is 2. The lowest BCUT2D eigenvalue weighted by molar-refractivity contribution is -0.118. The fourth-order valence-electron chi connectivity index (χ4n) is 3.52. The number of hydrogen-bond acceptors (Lipinski definition) is 3. The molecule has 0 aromatic carbocycles. The molecule has 2 atom stereocenters. The fourth-order valence-corrected chi connectivity index (χ4v) is 3.52. The summed E-state index contributed by atoms with van der Waals surface area (Å²) >= 11 is 0. The Hall–Kier alpha value is -1.65. The zero-order valence-corrected chi connectivity index (χ0v) is 17.0. The minimum Gasteiger partial charge on any atom is -0.303 e. The van der Waals surface area contributed by atoms with Crippen molar-refractivity contribution in [2.24, 2.45) is 10.8 Å². The van der Waals surface area contributed by atoms with Gasteiger partial charge in [-0.1, -0.05) is 53.4 Å². The average Bonchev–Trinajstić information content (AvgIpc) is 3.01. The molecule has 0 fully saturated rings. The minimum atomic E-state index is -0.485. The van der Waals surface area contributed by atoms with Crippen molar-refractivity contribution in [2.75, 3.05) is 0 Å². The van der Waals surface area contributed by atoms with Crippen molar-refractivity contribution in [3.63, 3.8) is 0 Å². The first-order valence-corrected chi connectivity index (χ1v) is 10.1. The molecule has 0 spiro atoms. The molecule has 0 radical (unpaired) electrons.